The molecule has 0 aromatic heterocycles. The summed E-state index contributed by atoms with van der Waals surface area (Å²) in [6.45, 7) is 0.996. The van der Waals surface area contributed by atoms with Crippen molar-refractivity contribution in [2.75, 3.05) is 14.1 Å². The van der Waals surface area contributed by atoms with Crippen molar-refractivity contribution >= 4 is 0 Å². The molecule has 2 rings (SSSR count). The SMILES string of the molecule is CN(C)[C@@H]1CCCCC[C@H]1NCc1ccccc1. The summed E-state index contributed by atoms with van der Waals surface area (Å²) in [5.41, 5.74) is 1.39. The van der Waals surface area contributed by atoms with Crippen molar-refractivity contribution in [2.45, 2.75) is 50.7 Å². The highest BCUT2D eigenvalue weighted by Gasteiger charge is 2.24. The molecule has 0 saturated heterocycles. The first-order valence-electron chi connectivity index (χ1n) is 7.21. The number of hydrogen-bond donors (Lipinski definition) is 1. The zero-order valence-corrected chi connectivity index (χ0v) is 11.7. The summed E-state index contributed by atoms with van der Waals surface area (Å²) in [6.07, 6.45) is 6.80. The Morgan fingerprint density at radius 2 is 1.78 bits per heavy atom. The molecular formula is C16H26N2. The van der Waals surface area contributed by atoms with Crippen molar-refractivity contribution in [3.8, 4) is 0 Å². The average Bonchev–Trinajstić information content (AvgIpc) is 2.63. The molecule has 2 atom stereocenters. The number of nitrogens with zero attached hydrogens (tertiary/aromatic N) is 1. The molecule has 2 nitrogen and oxygen atoms in total. The molecule has 1 aliphatic carbocycles. The summed E-state index contributed by atoms with van der Waals surface area (Å²) in [7, 11) is 4.43. The van der Waals surface area contributed by atoms with E-state index in [0.717, 1.165) is 6.54 Å². The van der Waals surface area contributed by atoms with Gasteiger partial charge < -0.3 is 10.2 Å². The molecule has 100 valence electrons. The Morgan fingerprint density at radius 3 is 2.50 bits per heavy atom. The van der Waals surface area contributed by atoms with Gasteiger partial charge in [-0.25, -0.2) is 0 Å². The van der Waals surface area contributed by atoms with Gasteiger partial charge in [0, 0.05) is 18.6 Å². The lowest BCUT2D eigenvalue weighted by molar-refractivity contribution is 0.215. The molecule has 1 fully saturated rings. The molecule has 0 spiro atoms. The summed E-state index contributed by atoms with van der Waals surface area (Å²) in [5, 5.41) is 3.77. The highest BCUT2D eigenvalue weighted by atomic mass is 15.1. The zero-order valence-electron chi connectivity index (χ0n) is 11.7. The average molecular weight is 246 g/mol. The molecule has 1 N–H and O–H groups in total. The smallest absolute Gasteiger partial charge is 0.0243 e. The van der Waals surface area contributed by atoms with Gasteiger partial charge in [0.15, 0.2) is 0 Å². The second kappa shape index (κ2) is 6.91. The van der Waals surface area contributed by atoms with Gasteiger partial charge in [0.05, 0.1) is 0 Å². The summed E-state index contributed by atoms with van der Waals surface area (Å²) in [5.74, 6) is 0. The van der Waals surface area contributed by atoms with E-state index in [9.17, 15) is 0 Å². The lowest BCUT2D eigenvalue weighted by Crippen LogP contribution is -2.46. The molecule has 0 aliphatic heterocycles. The van der Waals surface area contributed by atoms with Crippen LogP contribution in [0.4, 0.5) is 0 Å². The highest BCUT2D eigenvalue weighted by Crippen LogP contribution is 2.21. The second-order valence-corrected chi connectivity index (χ2v) is 5.64. The monoisotopic (exact) mass is 246 g/mol. The summed E-state index contributed by atoms with van der Waals surface area (Å²) in [6, 6.07) is 12.1. The van der Waals surface area contributed by atoms with E-state index in [1.807, 2.05) is 0 Å². The second-order valence-electron chi connectivity index (χ2n) is 5.64. The molecule has 0 unspecified atom stereocenters. The van der Waals surface area contributed by atoms with Gasteiger partial charge in [0.25, 0.3) is 0 Å². The van der Waals surface area contributed by atoms with Gasteiger partial charge in [0.2, 0.25) is 0 Å². The maximum atomic E-state index is 3.77. The molecule has 0 bridgehead atoms. The minimum Gasteiger partial charge on any atom is -0.308 e. The van der Waals surface area contributed by atoms with Crippen LogP contribution in [0, 0.1) is 0 Å². The topological polar surface area (TPSA) is 15.3 Å². The van der Waals surface area contributed by atoms with Gasteiger partial charge >= 0.3 is 0 Å². The number of benzene rings is 1. The van der Waals surface area contributed by atoms with Crippen LogP contribution in [0.3, 0.4) is 0 Å². The van der Waals surface area contributed by atoms with Crippen molar-refractivity contribution in [2.24, 2.45) is 0 Å². The Hall–Kier alpha value is -0.860. The summed E-state index contributed by atoms with van der Waals surface area (Å²) in [4.78, 5) is 2.40. The normalized spacial score (nSPS) is 25.1. The van der Waals surface area contributed by atoms with Gasteiger partial charge in [-0.3, -0.25) is 0 Å². The van der Waals surface area contributed by atoms with Gasteiger partial charge in [-0.1, -0.05) is 49.6 Å². The van der Waals surface area contributed by atoms with Crippen molar-refractivity contribution in [3.63, 3.8) is 0 Å². The number of nitrogens with one attached hydrogen (secondary N) is 1. The molecule has 0 amide bonds. The fourth-order valence-electron chi connectivity index (χ4n) is 2.99. The van der Waals surface area contributed by atoms with E-state index in [1.165, 1.54) is 37.7 Å². The quantitative estimate of drug-likeness (QED) is 0.822. The summed E-state index contributed by atoms with van der Waals surface area (Å²) >= 11 is 0. The predicted molar refractivity (Wildman–Crippen MR) is 77.6 cm³/mol. The predicted octanol–water partition coefficient (Wildman–Crippen LogP) is 3.04. The first-order valence-corrected chi connectivity index (χ1v) is 7.21. The minimum atomic E-state index is 0.641. The third kappa shape index (κ3) is 3.82. The number of hydrogen-bond acceptors (Lipinski definition) is 2. The van der Waals surface area contributed by atoms with E-state index in [1.54, 1.807) is 0 Å². The lowest BCUT2D eigenvalue weighted by Gasteiger charge is -2.31. The van der Waals surface area contributed by atoms with Crippen LogP contribution in [-0.4, -0.2) is 31.1 Å². The van der Waals surface area contributed by atoms with E-state index in [0.29, 0.717) is 12.1 Å². The molecule has 0 radical (unpaired) electrons. The maximum absolute atomic E-state index is 3.77. The van der Waals surface area contributed by atoms with Crippen LogP contribution in [0.25, 0.3) is 0 Å². The molecule has 1 saturated carbocycles. The van der Waals surface area contributed by atoms with E-state index in [2.05, 4.69) is 54.6 Å². The standard InChI is InChI=1S/C16H26N2/c1-18(2)16-12-8-4-7-11-15(16)17-13-14-9-5-3-6-10-14/h3,5-6,9-10,15-17H,4,7-8,11-13H2,1-2H3/t15-,16-/m1/s1. The summed E-state index contributed by atoms with van der Waals surface area (Å²) < 4.78 is 0. The molecular weight excluding hydrogens is 220 g/mol. The third-order valence-corrected chi connectivity index (χ3v) is 4.05. The van der Waals surface area contributed by atoms with Gasteiger partial charge in [0.1, 0.15) is 0 Å². The minimum absolute atomic E-state index is 0.641. The van der Waals surface area contributed by atoms with Crippen molar-refractivity contribution in [1.29, 1.82) is 0 Å². The Kier molecular flexibility index (Phi) is 5.21. The van der Waals surface area contributed by atoms with Crippen LogP contribution < -0.4 is 5.32 Å². The van der Waals surface area contributed by atoms with Crippen LogP contribution in [-0.2, 0) is 6.54 Å². The van der Waals surface area contributed by atoms with Crippen molar-refractivity contribution in [3.05, 3.63) is 35.9 Å². The van der Waals surface area contributed by atoms with Crippen molar-refractivity contribution < 1.29 is 0 Å². The fraction of sp³-hybridized carbons (Fsp3) is 0.625. The van der Waals surface area contributed by atoms with E-state index < -0.39 is 0 Å². The molecule has 1 aliphatic rings. The van der Waals surface area contributed by atoms with Crippen LogP contribution in [0.1, 0.15) is 37.7 Å². The molecule has 18 heavy (non-hydrogen) atoms. The zero-order chi connectivity index (χ0) is 12.8. The van der Waals surface area contributed by atoms with Gasteiger partial charge in [-0.2, -0.15) is 0 Å². The molecule has 1 aromatic rings. The first-order chi connectivity index (χ1) is 8.77. The third-order valence-electron chi connectivity index (χ3n) is 4.05. The van der Waals surface area contributed by atoms with Crippen LogP contribution in [0.15, 0.2) is 30.3 Å². The Labute approximate surface area is 111 Å². The Bertz CT molecular complexity index is 334. The van der Waals surface area contributed by atoms with Crippen LogP contribution in [0.2, 0.25) is 0 Å². The van der Waals surface area contributed by atoms with E-state index in [4.69, 9.17) is 0 Å². The molecule has 0 heterocycles. The van der Waals surface area contributed by atoms with E-state index >= 15 is 0 Å². The Balaban J connectivity index is 1.92. The van der Waals surface area contributed by atoms with Crippen LogP contribution >= 0.6 is 0 Å². The highest BCUT2D eigenvalue weighted by molar-refractivity contribution is 5.14. The fourth-order valence-corrected chi connectivity index (χ4v) is 2.99. The first kappa shape index (κ1) is 13.6. The van der Waals surface area contributed by atoms with Gasteiger partial charge in [-0.15, -0.1) is 0 Å². The molecule has 2 heteroatoms. The van der Waals surface area contributed by atoms with E-state index in [-0.39, 0.29) is 0 Å². The molecule has 1 aromatic carbocycles. The largest absolute Gasteiger partial charge is 0.308 e. The number of rotatable bonds is 4. The van der Waals surface area contributed by atoms with Crippen LogP contribution in [0.5, 0.6) is 0 Å². The van der Waals surface area contributed by atoms with Crippen molar-refractivity contribution in [1.82, 2.24) is 10.2 Å². The maximum Gasteiger partial charge on any atom is 0.0243 e. The number of likely N-dealkylation sites (N-methyl/N-ethyl adjacent to an activating group) is 1. The Morgan fingerprint density at radius 1 is 1.06 bits per heavy atom. The van der Waals surface area contributed by atoms with Gasteiger partial charge in [-0.05, 0) is 32.5 Å². The lowest BCUT2D eigenvalue weighted by atomic mass is 10.0.